The van der Waals surface area contributed by atoms with E-state index >= 15 is 0 Å². The van der Waals surface area contributed by atoms with Gasteiger partial charge in [0.1, 0.15) is 29.3 Å². The van der Waals surface area contributed by atoms with Gasteiger partial charge >= 0.3 is 0 Å². The molecule has 0 aliphatic carbocycles. The van der Waals surface area contributed by atoms with E-state index in [-0.39, 0.29) is 5.82 Å². The summed E-state index contributed by atoms with van der Waals surface area (Å²) in [5.41, 5.74) is 2.73. The molecule has 0 spiro atoms. The van der Waals surface area contributed by atoms with Gasteiger partial charge in [-0.3, -0.25) is 0 Å². The van der Waals surface area contributed by atoms with Crippen LogP contribution < -0.4 is 5.32 Å². The summed E-state index contributed by atoms with van der Waals surface area (Å²) in [4.78, 5) is 4.38. The normalized spacial score (nSPS) is 11.8. The van der Waals surface area contributed by atoms with Crippen LogP contribution in [0.15, 0.2) is 36.7 Å². The summed E-state index contributed by atoms with van der Waals surface area (Å²) in [6.07, 6.45) is 3.51. The van der Waals surface area contributed by atoms with Crippen LogP contribution in [0.5, 0.6) is 0 Å². The van der Waals surface area contributed by atoms with Crippen LogP contribution in [-0.2, 0) is 7.05 Å². The molecular formula is C18H17FN6. The summed E-state index contributed by atoms with van der Waals surface area (Å²) in [5, 5.41) is 21.0. The molecule has 0 aliphatic heterocycles. The molecule has 2 aromatic heterocycles. The fourth-order valence-electron chi connectivity index (χ4n) is 2.59. The molecule has 2 heterocycles. The predicted octanol–water partition coefficient (Wildman–Crippen LogP) is 3.04. The van der Waals surface area contributed by atoms with Gasteiger partial charge in [0.05, 0.1) is 5.69 Å². The van der Waals surface area contributed by atoms with Crippen LogP contribution in [0.25, 0.3) is 0 Å². The molecule has 1 unspecified atom stereocenters. The van der Waals surface area contributed by atoms with Gasteiger partial charge in [0.15, 0.2) is 5.82 Å². The molecule has 0 radical (unpaired) electrons. The standard InChI is InChI=1S/C18H17FN6/c1-11-12(2)23-24-17(15(11)10-20)22-16(18-21-8-9-25(18)3)13-4-6-14(19)7-5-13/h4-9,16H,1-3H3,(H,22,24). The first-order valence-electron chi connectivity index (χ1n) is 7.74. The Labute approximate surface area is 145 Å². The van der Waals surface area contributed by atoms with Crippen molar-refractivity contribution in [1.82, 2.24) is 19.7 Å². The van der Waals surface area contributed by atoms with Crippen LogP contribution in [0.4, 0.5) is 10.2 Å². The lowest BCUT2D eigenvalue weighted by Gasteiger charge is -2.20. The van der Waals surface area contributed by atoms with Gasteiger partial charge < -0.3 is 9.88 Å². The summed E-state index contributed by atoms with van der Waals surface area (Å²) in [5.74, 6) is 0.782. The molecule has 1 N–H and O–H groups in total. The van der Waals surface area contributed by atoms with Gasteiger partial charge in [0, 0.05) is 19.4 Å². The van der Waals surface area contributed by atoms with Crippen molar-refractivity contribution in [2.24, 2.45) is 7.05 Å². The summed E-state index contributed by atoms with van der Waals surface area (Å²) in [7, 11) is 1.87. The van der Waals surface area contributed by atoms with E-state index in [0.717, 1.165) is 17.0 Å². The number of hydrogen-bond acceptors (Lipinski definition) is 5. The molecule has 0 saturated heterocycles. The van der Waals surface area contributed by atoms with Crippen LogP contribution in [0.1, 0.15) is 34.3 Å². The van der Waals surface area contributed by atoms with Crippen molar-refractivity contribution in [2.75, 3.05) is 5.32 Å². The molecule has 25 heavy (non-hydrogen) atoms. The number of aryl methyl sites for hydroxylation is 2. The lowest BCUT2D eigenvalue weighted by Crippen LogP contribution is -2.19. The highest BCUT2D eigenvalue weighted by Gasteiger charge is 2.21. The molecule has 0 bridgehead atoms. The summed E-state index contributed by atoms with van der Waals surface area (Å²) in [6.45, 7) is 3.64. The number of benzene rings is 1. The van der Waals surface area contributed by atoms with Crippen molar-refractivity contribution in [3.05, 3.63) is 70.7 Å². The minimum absolute atomic E-state index is 0.314. The third-order valence-corrected chi connectivity index (χ3v) is 4.17. The van der Waals surface area contributed by atoms with Crippen LogP contribution >= 0.6 is 0 Å². The predicted molar refractivity (Wildman–Crippen MR) is 91.3 cm³/mol. The van der Waals surface area contributed by atoms with Crippen molar-refractivity contribution in [2.45, 2.75) is 19.9 Å². The second kappa shape index (κ2) is 6.69. The molecule has 0 saturated carbocycles. The van der Waals surface area contributed by atoms with Crippen LogP contribution in [0, 0.1) is 31.0 Å². The fourth-order valence-corrected chi connectivity index (χ4v) is 2.59. The van der Waals surface area contributed by atoms with Gasteiger partial charge in [-0.1, -0.05) is 12.1 Å². The van der Waals surface area contributed by atoms with E-state index in [1.165, 1.54) is 12.1 Å². The fraction of sp³-hybridized carbons (Fsp3) is 0.222. The lowest BCUT2D eigenvalue weighted by molar-refractivity contribution is 0.626. The Balaban J connectivity index is 2.08. The quantitative estimate of drug-likeness (QED) is 0.792. The number of hydrogen-bond donors (Lipinski definition) is 1. The van der Waals surface area contributed by atoms with Gasteiger partial charge in [0.2, 0.25) is 0 Å². The second-order valence-corrected chi connectivity index (χ2v) is 5.77. The van der Waals surface area contributed by atoms with Crippen molar-refractivity contribution >= 4 is 5.82 Å². The average molecular weight is 336 g/mol. The first kappa shape index (κ1) is 16.6. The van der Waals surface area contributed by atoms with E-state index in [1.807, 2.05) is 31.7 Å². The number of nitrogens with one attached hydrogen (secondary N) is 1. The Kier molecular flexibility index (Phi) is 4.44. The molecule has 0 aliphatic rings. The zero-order chi connectivity index (χ0) is 18.0. The highest BCUT2D eigenvalue weighted by atomic mass is 19.1. The maximum Gasteiger partial charge on any atom is 0.167 e. The van der Waals surface area contributed by atoms with Crippen molar-refractivity contribution < 1.29 is 4.39 Å². The Morgan fingerprint density at radius 1 is 1.20 bits per heavy atom. The highest BCUT2D eigenvalue weighted by molar-refractivity contribution is 5.57. The van der Waals surface area contributed by atoms with E-state index in [1.54, 1.807) is 18.3 Å². The first-order chi connectivity index (χ1) is 12.0. The molecule has 1 aromatic carbocycles. The third-order valence-electron chi connectivity index (χ3n) is 4.17. The topological polar surface area (TPSA) is 79.4 Å². The molecule has 6 nitrogen and oxygen atoms in total. The van der Waals surface area contributed by atoms with Gasteiger partial charge in [-0.25, -0.2) is 9.37 Å². The maximum atomic E-state index is 13.3. The molecule has 3 rings (SSSR count). The number of nitrogens with zero attached hydrogens (tertiary/aromatic N) is 5. The Hall–Kier alpha value is -3.27. The Morgan fingerprint density at radius 3 is 2.52 bits per heavy atom. The number of anilines is 1. The summed E-state index contributed by atoms with van der Waals surface area (Å²) in [6, 6.07) is 7.93. The number of nitriles is 1. The third kappa shape index (κ3) is 3.19. The maximum absolute atomic E-state index is 13.3. The average Bonchev–Trinajstić information content (AvgIpc) is 3.02. The monoisotopic (exact) mass is 336 g/mol. The largest absolute Gasteiger partial charge is 0.354 e. The molecular weight excluding hydrogens is 319 g/mol. The van der Waals surface area contributed by atoms with Crippen LogP contribution in [0.3, 0.4) is 0 Å². The molecule has 1 atom stereocenters. The number of rotatable bonds is 4. The van der Waals surface area contributed by atoms with E-state index < -0.39 is 6.04 Å². The zero-order valence-electron chi connectivity index (χ0n) is 14.2. The Bertz CT molecular complexity index is 939. The van der Waals surface area contributed by atoms with Crippen LogP contribution in [0.2, 0.25) is 0 Å². The highest BCUT2D eigenvalue weighted by Crippen LogP contribution is 2.27. The minimum atomic E-state index is -0.399. The lowest BCUT2D eigenvalue weighted by atomic mass is 10.0. The summed E-state index contributed by atoms with van der Waals surface area (Å²) < 4.78 is 15.2. The minimum Gasteiger partial charge on any atom is -0.354 e. The van der Waals surface area contributed by atoms with E-state index in [0.29, 0.717) is 17.1 Å². The van der Waals surface area contributed by atoms with Crippen molar-refractivity contribution in [3.63, 3.8) is 0 Å². The zero-order valence-corrected chi connectivity index (χ0v) is 14.2. The molecule has 7 heteroatoms. The van der Waals surface area contributed by atoms with Crippen LogP contribution in [-0.4, -0.2) is 19.7 Å². The van der Waals surface area contributed by atoms with E-state index in [9.17, 15) is 9.65 Å². The van der Waals surface area contributed by atoms with Gasteiger partial charge in [-0.15, -0.1) is 5.10 Å². The second-order valence-electron chi connectivity index (χ2n) is 5.77. The van der Waals surface area contributed by atoms with Crippen molar-refractivity contribution in [1.29, 1.82) is 5.26 Å². The molecule has 0 amide bonds. The first-order valence-corrected chi connectivity index (χ1v) is 7.74. The SMILES string of the molecule is Cc1nnc(NC(c2ccc(F)cc2)c2nccn2C)c(C#N)c1C. The summed E-state index contributed by atoms with van der Waals surface area (Å²) >= 11 is 0. The molecule has 0 fully saturated rings. The van der Waals surface area contributed by atoms with E-state index in [2.05, 4.69) is 26.6 Å². The number of imidazole rings is 1. The molecule has 126 valence electrons. The van der Waals surface area contributed by atoms with E-state index in [4.69, 9.17) is 0 Å². The number of aromatic nitrogens is 4. The van der Waals surface area contributed by atoms with Gasteiger partial charge in [-0.05, 0) is 37.1 Å². The smallest absolute Gasteiger partial charge is 0.167 e. The van der Waals surface area contributed by atoms with Gasteiger partial charge in [-0.2, -0.15) is 10.4 Å². The molecule has 3 aromatic rings. The number of halogens is 1. The van der Waals surface area contributed by atoms with Crippen molar-refractivity contribution in [3.8, 4) is 6.07 Å². The Morgan fingerprint density at radius 2 is 1.92 bits per heavy atom. The van der Waals surface area contributed by atoms with Gasteiger partial charge in [0.25, 0.3) is 0 Å².